The summed E-state index contributed by atoms with van der Waals surface area (Å²) in [5.74, 6) is 1.71. The lowest BCUT2D eigenvalue weighted by molar-refractivity contribution is 0.924. The van der Waals surface area contributed by atoms with Crippen LogP contribution in [0.3, 0.4) is 0 Å². The number of nitrogens with two attached hydrogens (primary N) is 1. The molecule has 0 aliphatic carbocycles. The summed E-state index contributed by atoms with van der Waals surface area (Å²) in [6.45, 7) is 0.435. The van der Waals surface area contributed by atoms with Gasteiger partial charge in [0.2, 0.25) is 5.78 Å². The van der Waals surface area contributed by atoms with E-state index in [-0.39, 0.29) is 0 Å². The molecule has 0 fully saturated rings. The molecule has 0 aliphatic rings. The molecule has 3 aromatic rings. The summed E-state index contributed by atoms with van der Waals surface area (Å²) in [5, 5.41) is 4.51. The van der Waals surface area contributed by atoms with E-state index in [4.69, 9.17) is 5.73 Å². The van der Waals surface area contributed by atoms with Gasteiger partial charge in [0.05, 0.1) is 11.9 Å². The normalized spacial score (nSPS) is 11.2. The lowest BCUT2D eigenvalue weighted by Gasteiger charge is -1.99. The average molecular weight is 227 g/mol. The Balaban J connectivity index is 2.19. The third-order valence-electron chi connectivity index (χ3n) is 2.78. The molecule has 2 N–H and O–H groups in total. The monoisotopic (exact) mass is 227 g/mol. The molecule has 0 saturated heterocycles. The highest BCUT2D eigenvalue weighted by atomic mass is 15.4. The molecule has 2 heterocycles. The van der Waals surface area contributed by atoms with Crippen LogP contribution < -0.4 is 5.73 Å². The molecule has 1 aromatic carbocycles. The van der Waals surface area contributed by atoms with Crippen LogP contribution in [0, 0.1) is 0 Å². The van der Waals surface area contributed by atoms with Crippen molar-refractivity contribution >= 4 is 5.78 Å². The molecular weight excluding hydrogens is 214 g/mol. The number of imidazole rings is 1. The van der Waals surface area contributed by atoms with E-state index in [9.17, 15) is 0 Å². The topological polar surface area (TPSA) is 61.1 Å². The average Bonchev–Trinajstić information content (AvgIpc) is 2.90. The van der Waals surface area contributed by atoms with Crippen LogP contribution in [-0.4, -0.2) is 19.2 Å². The Morgan fingerprint density at radius 1 is 1.24 bits per heavy atom. The molecule has 5 nitrogen and oxygen atoms in total. The van der Waals surface area contributed by atoms with Crippen LogP contribution in [0.1, 0.15) is 5.69 Å². The fourth-order valence-electron chi connectivity index (χ4n) is 1.91. The Morgan fingerprint density at radius 2 is 2.00 bits per heavy atom. The molecule has 0 amide bonds. The lowest BCUT2D eigenvalue weighted by Crippen LogP contribution is -1.98. The predicted octanol–water partition coefficient (Wildman–Crippen LogP) is 1.19. The quantitative estimate of drug-likeness (QED) is 0.715. The van der Waals surface area contributed by atoms with Crippen molar-refractivity contribution in [2.45, 2.75) is 6.54 Å². The molecule has 0 spiro atoms. The number of fused-ring (bicyclic) bond motifs is 1. The van der Waals surface area contributed by atoms with Gasteiger partial charge in [-0.05, 0) is 0 Å². The fourth-order valence-corrected chi connectivity index (χ4v) is 1.91. The van der Waals surface area contributed by atoms with Gasteiger partial charge in [0.1, 0.15) is 0 Å². The third kappa shape index (κ3) is 1.52. The van der Waals surface area contributed by atoms with E-state index in [1.165, 1.54) is 0 Å². The minimum Gasteiger partial charge on any atom is -0.325 e. The summed E-state index contributed by atoms with van der Waals surface area (Å²) in [6, 6.07) is 10.1. The van der Waals surface area contributed by atoms with Crippen LogP contribution in [0.2, 0.25) is 0 Å². The molecule has 3 rings (SSSR count). The van der Waals surface area contributed by atoms with Gasteiger partial charge >= 0.3 is 0 Å². The van der Waals surface area contributed by atoms with E-state index in [1.54, 1.807) is 4.52 Å². The van der Waals surface area contributed by atoms with Crippen LogP contribution in [0.4, 0.5) is 0 Å². The SMILES string of the molecule is Cn1c(-c2ccccc2)nn2cc(CN)nc12. The Hall–Kier alpha value is -2.14. The lowest BCUT2D eigenvalue weighted by atomic mass is 10.2. The maximum absolute atomic E-state index is 5.56. The maximum atomic E-state index is 5.56. The predicted molar refractivity (Wildman–Crippen MR) is 65.3 cm³/mol. The Bertz CT molecular complexity index is 650. The first-order valence-electron chi connectivity index (χ1n) is 5.46. The molecule has 5 heteroatoms. The molecule has 17 heavy (non-hydrogen) atoms. The van der Waals surface area contributed by atoms with E-state index >= 15 is 0 Å². The van der Waals surface area contributed by atoms with Gasteiger partial charge in [-0.15, -0.1) is 5.10 Å². The molecular formula is C12H13N5. The fraction of sp³-hybridized carbons (Fsp3) is 0.167. The minimum absolute atomic E-state index is 0.435. The summed E-state index contributed by atoms with van der Waals surface area (Å²) in [7, 11) is 1.96. The van der Waals surface area contributed by atoms with Crippen molar-refractivity contribution in [2.75, 3.05) is 0 Å². The van der Waals surface area contributed by atoms with Crippen molar-refractivity contribution < 1.29 is 0 Å². The molecule has 2 aromatic heterocycles. The Kier molecular flexibility index (Phi) is 2.19. The number of aromatic nitrogens is 4. The first-order valence-corrected chi connectivity index (χ1v) is 5.46. The number of benzene rings is 1. The number of hydrogen-bond donors (Lipinski definition) is 1. The van der Waals surface area contributed by atoms with Crippen LogP contribution in [0.5, 0.6) is 0 Å². The van der Waals surface area contributed by atoms with Gasteiger partial charge in [-0.3, -0.25) is 4.57 Å². The molecule has 86 valence electrons. The van der Waals surface area contributed by atoms with E-state index in [2.05, 4.69) is 10.1 Å². The standard InChI is InChI=1S/C12H13N5/c1-16-11(9-5-3-2-4-6-9)15-17-8-10(7-13)14-12(16)17/h2-6,8H,7,13H2,1H3. The van der Waals surface area contributed by atoms with Gasteiger partial charge in [-0.2, -0.15) is 0 Å². The van der Waals surface area contributed by atoms with Gasteiger partial charge < -0.3 is 5.73 Å². The molecule has 0 bridgehead atoms. The molecule has 0 radical (unpaired) electrons. The van der Waals surface area contributed by atoms with Gasteiger partial charge in [0.15, 0.2) is 5.82 Å². The van der Waals surface area contributed by atoms with Crippen molar-refractivity contribution in [3.05, 3.63) is 42.2 Å². The van der Waals surface area contributed by atoms with Gasteiger partial charge in [-0.1, -0.05) is 30.3 Å². The second-order valence-electron chi connectivity index (χ2n) is 3.93. The zero-order valence-electron chi connectivity index (χ0n) is 9.54. The Morgan fingerprint density at radius 3 is 2.65 bits per heavy atom. The van der Waals surface area contributed by atoms with Crippen molar-refractivity contribution in [1.82, 2.24) is 19.2 Å². The number of hydrogen-bond acceptors (Lipinski definition) is 3. The van der Waals surface area contributed by atoms with Crippen molar-refractivity contribution in [2.24, 2.45) is 12.8 Å². The van der Waals surface area contributed by atoms with E-state index in [1.807, 2.05) is 48.1 Å². The van der Waals surface area contributed by atoms with Crippen molar-refractivity contribution in [1.29, 1.82) is 0 Å². The third-order valence-corrected chi connectivity index (χ3v) is 2.78. The van der Waals surface area contributed by atoms with Gasteiger partial charge in [0.25, 0.3) is 0 Å². The number of aryl methyl sites for hydroxylation is 1. The molecule has 0 saturated carbocycles. The zero-order chi connectivity index (χ0) is 11.8. The van der Waals surface area contributed by atoms with Crippen LogP contribution in [-0.2, 0) is 13.6 Å². The van der Waals surface area contributed by atoms with Crippen LogP contribution >= 0.6 is 0 Å². The summed E-state index contributed by atoms with van der Waals surface area (Å²) in [6.07, 6.45) is 1.86. The highest BCUT2D eigenvalue weighted by Gasteiger charge is 2.11. The van der Waals surface area contributed by atoms with E-state index in [0.29, 0.717) is 6.54 Å². The van der Waals surface area contributed by atoms with Gasteiger partial charge in [0, 0.05) is 19.2 Å². The molecule has 0 atom stereocenters. The van der Waals surface area contributed by atoms with E-state index < -0.39 is 0 Å². The number of nitrogens with zero attached hydrogens (tertiary/aromatic N) is 4. The minimum atomic E-state index is 0.435. The van der Waals surface area contributed by atoms with Crippen LogP contribution in [0.25, 0.3) is 17.2 Å². The second-order valence-corrected chi connectivity index (χ2v) is 3.93. The first kappa shape index (κ1) is 10.0. The van der Waals surface area contributed by atoms with Crippen molar-refractivity contribution in [3.63, 3.8) is 0 Å². The molecule has 0 unspecified atom stereocenters. The van der Waals surface area contributed by atoms with E-state index in [0.717, 1.165) is 22.9 Å². The summed E-state index contributed by atoms with van der Waals surface area (Å²) in [4.78, 5) is 4.42. The maximum Gasteiger partial charge on any atom is 0.232 e. The highest BCUT2D eigenvalue weighted by molar-refractivity contribution is 5.58. The second kappa shape index (κ2) is 3.71. The summed E-state index contributed by atoms with van der Waals surface area (Å²) in [5.41, 5.74) is 7.49. The largest absolute Gasteiger partial charge is 0.325 e. The highest BCUT2D eigenvalue weighted by Crippen LogP contribution is 2.18. The van der Waals surface area contributed by atoms with Gasteiger partial charge in [-0.25, -0.2) is 9.50 Å². The van der Waals surface area contributed by atoms with Crippen LogP contribution in [0.15, 0.2) is 36.5 Å². The summed E-state index contributed by atoms with van der Waals surface area (Å²) < 4.78 is 3.74. The summed E-state index contributed by atoms with van der Waals surface area (Å²) >= 11 is 0. The molecule has 0 aliphatic heterocycles. The van der Waals surface area contributed by atoms with Crippen molar-refractivity contribution in [3.8, 4) is 11.4 Å². The zero-order valence-corrected chi connectivity index (χ0v) is 9.54. The smallest absolute Gasteiger partial charge is 0.232 e. The first-order chi connectivity index (χ1) is 8.29. The Labute approximate surface area is 98.5 Å². The number of rotatable bonds is 2.